The van der Waals surface area contributed by atoms with Gasteiger partial charge in [0.05, 0.1) is 12.4 Å². The van der Waals surface area contributed by atoms with Crippen LogP contribution in [0.3, 0.4) is 0 Å². The first kappa shape index (κ1) is 15.3. The number of aliphatic hydroxyl groups excluding tert-OH is 1. The normalized spacial score (nSPS) is 30.5. The van der Waals surface area contributed by atoms with E-state index in [0.717, 1.165) is 11.3 Å². The van der Waals surface area contributed by atoms with Gasteiger partial charge in [0.25, 0.3) is 0 Å². The Morgan fingerprint density at radius 2 is 2.05 bits per heavy atom. The van der Waals surface area contributed by atoms with E-state index in [-0.39, 0.29) is 12.2 Å². The summed E-state index contributed by atoms with van der Waals surface area (Å²) in [7, 11) is 0. The minimum absolute atomic E-state index is 0.239. The summed E-state index contributed by atoms with van der Waals surface area (Å²) in [5.74, 6) is 0.168. The van der Waals surface area contributed by atoms with Gasteiger partial charge in [0.2, 0.25) is 0 Å². The van der Waals surface area contributed by atoms with Gasteiger partial charge in [0.1, 0.15) is 12.2 Å². The van der Waals surface area contributed by atoms with Crippen molar-refractivity contribution in [2.75, 3.05) is 6.61 Å². The average Bonchev–Trinajstić information content (AvgIpc) is 3.02. The average molecular weight is 302 g/mol. The van der Waals surface area contributed by atoms with Gasteiger partial charge < -0.3 is 19.3 Å². The van der Waals surface area contributed by atoms with Gasteiger partial charge in [0, 0.05) is 6.42 Å². The van der Waals surface area contributed by atoms with Gasteiger partial charge in [-0.2, -0.15) is 0 Å². The van der Waals surface area contributed by atoms with Crippen LogP contribution >= 0.6 is 0 Å². The topological polar surface area (TPSA) is 47.9 Å². The van der Waals surface area contributed by atoms with Crippen LogP contribution in [0.5, 0.6) is 0 Å². The van der Waals surface area contributed by atoms with Crippen molar-refractivity contribution in [2.45, 2.75) is 44.4 Å². The smallest absolute Gasteiger partial charge is 0.163 e. The lowest BCUT2D eigenvalue weighted by atomic mass is 10.1. The first-order valence-electron chi connectivity index (χ1n) is 7.62. The molecule has 0 aromatic heterocycles. The fraction of sp³-hybridized carbons (Fsp3) is 0.444. The maximum atomic E-state index is 10.1. The SMILES string of the molecule is CC1(C)OC[C@H]([C@H]2OC(C/C=C/c3ccccc3)=C[C@H]2O)O1. The molecule has 1 fully saturated rings. The van der Waals surface area contributed by atoms with Gasteiger partial charge in [-0.1, -0.05) is 42.5 Å². The van der Waals surface area contributed by atoms with E-state index in [0.29, 0.717) is 13.0 Å². The molecular weight excluding hydrogens is 280 g/mol. The molecule has 0 aliphatic carbocycles. The molecular formula is C18H22O4. The summed E-state index contributed by atoms with van der Waals surface area (Å²) in [6.45, 7) is 4.17. The predicted octanol–water partition coefficient (Wildman–Crippen LogP) is 2.89. The molecule has 118 valence electrons. The van der Waals surface area contributed by atoms with Crippen LogP contribution in [0.25, 0.3) is 6.08 Å². The van der Waals surface area contributed by atoms with E-state index in [9.17, 15) is 5.11 Å². The summed E-state index contributed by atoms with van der Waals surface area (Å²) >= 11 is 0. The second kappa shape index (κ2) is 6.24. The molecule has 0 radical (unpaired) electrons. The highest BCUT2D eigenvalue weighted by Crippen LogP contribution is 2.31. The molecule has 0 unspecified atom stereocenters. The van der Waals surface area contributed by atoms with Crippen LogP contribution in [-0.2, 0) is 14.2 Å². The summed E-state index contributed by atoms with van der Waals surface area (Å²) in [4.78, 5) is 0. The second-order valence-corrected chi connectivity index (χ2v) is 6.09. The highest BCUT2D eigenvalue weighted by Gasteiger charge is 2.43. The predicted molar refractivity (Wildman–Crippen MR) is 84.0 cm³/mol. The van der Waals surface area contributed by atoms with E-state index < -0.39 is 11.9 Å². The molecule has 2 heterocycles. The maximum Gasteiger partial charge on any atom is 0.163 e. The van der Waals surface area contributed by atoms with Crippen molar-refractivity contribution in [2.24, 2.45) is 0 Å². The van der Waals surface area contributed by atoms with Gasteiger partial charge in [-0.05, 0) is 25.5 Å². The zero-order chi connectivity index (χ0) is 15.6. The van der Waals surface area contributed by atoms with Crippen LogP contribution in [0, 0.1) is 0 Å². The van der Waals surface area contributed by atoms with E-state index in [1.165, 1.54) is 0 Å². The molecule has 3 atom stereocenters. The molecule has 2 aliphatic rings. The molecule has 22 heavy (non-hydrogen) atoms. The summed E-state index contributed by atoms with van der Waals surface area (Å²) in [6, 6.07) is 10.1. The Morgan fingerprint density at radius 3 is 2.73 bits per heavy atom. The van der Waals surface area contributed by atoms with Crippen LogP contribution in [0.4, 0.5) is 0 Å². The number of aliphatic hydroxyl groups is 1. The van der Waals surface area contributed by atoms with Gasteiger partial charge in [-0.3, -0.25) is 0 Å². The number of allylic oxidation sites excluding steroid dienone is 1. The Hall–Kier alpha value is -1.62. The number of hydrogen-bond acceptors (Lipinski definition) is 4. The third kappa shape index (κ3) is 3.58. The monoisotopic (exact) mass is 302 g/mol. The van der Waals surface area contributed by atoms with E-state index in [4.69, 9.17) is 14.2 Å². The Morgan fingerprint density at radius 1 is 1.27 bits per heavy atom. The van der Waals surface area contributed by atoms with E-state index in [1.54, 1.807) is 6.08 Å². The van der Waals surface area contributed by atoms with Crippen molar-refractivity contribution in [1.29, 1.82) is 0 Å². The summed E-state index contributed by atoms with van der Waals surface area (Å²) in [5, 5.41) is 10.1. The fourth-order valence-corrected chi connectivity index (χ4v) is 2.73. The standard InChI is InChI=1S/C18H22O4/c1-18(2)20-12-16(22-18)17-15(19)11-14(21-17)10-6-9-13-7-4-3-5-8-13/h3-9,11,15-17,19H,10,12H2,1-2H3/b9-6+/t15-,16-,17+/m1/s1. The number of rotatable bonds is 4. The summed E-state index contributed by atoms with van der Waals surface area (Å²) < 4.78 is 17.1. The zero-order valence-corrected chi connectivity index (χ0v) is 12.9. The minimum Gasteiger partial charge on any atom is -0.489 e. The van der Waals surface area contributed by atoms with Gasteiger partial charge in [-0.15, -0.1) is 0 Å². The Balaban J connectivity index is 1.54. The Kier molecular flexibility index (Phi) is 4.34. The Labute approximate surface area is 131 Å². The third-order valence-electron chi connectivity index (χ3n) is 3.81. The second-order valence-electron chi connectivity index (χ2n) is 6.09. The van der Waals surface area contributed by atoms with Crippen molar-refractivity contribution in [3.63, 3.8) is 0 Å². The van der Waals surface area contributed by atoms with Gasteiger partial charge in [-0.25, -0.2) is 0 Å². The molecule has 2 aliphatic heterocycles. The van der Waals surface area contributed by atoms with Crippen molar-refractivity contribution >= 4 is 6.08 Å². The van der Waals surface area contributed by atoms with E-state index in [2.05, 4.69) is 0 Å². The molecule has 0 amide bonds. The highest BCUT2D eigenvalue weighted by atomic mass is 16.7. The van der Waals surface area contributed by atoms with Crippen molar-refractivity contribution in [3.05, 3.63) is 53.8 Å². The fourth-order valence-electron chi connectivity index (χ4n) is 2.73. The third-order valence-corrected chi connectivity index (χ3v) is 3.81. The minimum atomic E-state index is -0.650. The molecule has 1 N–H and O–H groups in total. The molecule has 4 heteroatoms. The molecule has 0 spiro atoms. The molecule has 1 aromatic rings. The summed E-state index contributed by atoms with van der Waals surface area (Å²) in [6.07, 6.45) is 5.21. The van der Waals surface area contributed by atoms with Crippen LogP contribution in [0.2, 0.25) is 0 Å². The van der Waals surface area contributed by atoms with Crippen LogP contribution < -0.4 is 0 Å². The van der Waals surface area contributed by atoms with E-state index >= 15 is 0 Å². The number of benzene rings is 1. The lowest BCUT2D eigenvalue weighted by Gasteiger charge is -2.23. The molecule has 1 saturated heterocycles. The first-order valence-corrected chi connectivity index (χ1v) is 7.62. The van der Waals surface area contributed by atoms with Crippen molar-refractivity contribution < 1.29 is 19.3 Å². The van der Waals surface area contributed by atoms with Gasteiger partial charge in [0.15, 0.2) is 11.9 Å². The zero-order valence-electron chi connectivity index (χ0n) is 12.9. The number of hydrogen-bond donors (Lipinski definition) is 1. The quantitative estimate of drug-likeness (QED) is 0.929. The number of ether oxygens (including phenoxy) is 3. The van der Waals surface area contributed by atoms with Crippen LogP contribution in [-0.4, -0.2) is 35.8 Å². The molecule has 3 rings (SSSR count). The van der Waals surface area contributed by atoms with Gasteiger partial charge >= 0.3 is 0 Å². The lowest BCUT2D eigenvalue weighted by molar-refractivity contribution is -0.156. The molecule has 1 aromatic carbocycles. The van der Waals surface area contributed by atoms with Crippen LogP contribution in [0.15, 0.2) is 48.2 Å². The van der Waals surface area contributed by atoms with Crippen molar-refractivity contribution in [3.8, 4) is 0 Å². The molecule has 4 nitrogen and oxygen atoms in total. The largest absolute Gasteiger partial charge is 0.489 e. The van der Waals surface area contributed by atoms with Crippen LogP contribution in [0.1, 0.15) is 25.8 Å². The lowest BCUT2D eigenvalue weighted by Crippen LogP contribution is -2.37. The Bertz CT molecular complexity index is 562. The van der Waals surface area contributed by atoms with E-state index in [1.807, 2.05) is 56.3 Å². The highest BCUT2D eigenvalue weighted by molar-refractivity contribution is 5.49. The maximum absolute atomic E-state index is 10.1. The van der Waals surface area contributed by atoms with Crippen molar-refractivity contribution in [1.82, 2.24) is 0 Å². The first-order chi connectivity index (χ1) is 10.5. The summed E-state index contributed by atoms with van der Waals surface area (Å²) in [5.41, 5.74) is 1.15. The molecule has 0 bridgehead atoms. The molecule has 0 saturated carbocycles.